The minimum absolute atomic E-state index is 0.184. The Morgan fingerprint density at radius 3 is 2.44 bits per heavy atom. The molecule has 3 aromatic heterocycles. The highest BCUT2D eigenvalue weighted by Gasteiger charge is 2.12. The van der Waals surface area contributed by atoms with Gasteiger partial charge in [-0.3, -0.25) is 14.6 Å². The van der Waals surface area contributed by atoms with Crippen LogP contribution < -0.4 is 15.4 Å². The molecule has 2 aromatic carbocycles. The zero-order valence-corrected chi connectivity index (χ0v) is 19.3. The van der Waals surface area contributed by atoms with Crippen LogP contribution in [0.4, 0.5) is 11.4 Å². The van der Waals surface area contributed by atoms with E-state index in [2.05, 4.69) is 25.8 Å². The Labute approximate surface area is 206 Å². The molecular weight excluding hydrogens is 458 g/mol. The first-order valence-electron chi connectivity index (χ1n) is 11.1. The van der Waals surface area contributed by atoms with Crippen molar-refractivity contribution in [3.63, 3.8) is 0 Å². The van der Waals surface area contributed by atoms with Crippen molar-refractivity contribution in [2.24, 2.45) is 0 Å². The molecule has 36 heavy (non-hydrogen) atoms. The van der Waals surface area contributed by atoms with E-state index in [-0.39, 0.29) is 18.4 Å². The summed E-state index contributed by atoms with van der Waals surface area (Å²) in [5.41, 5.74) is 4.18. The number of hydrogen-bond acceptors (Lipinski definition) is 7. The van der Waals surface area contributed by atoms with Gasteiger partial charge in [-0.2, -0.15) is 9.61 Å². The van der Waals surface area contributed by atoms with Gasteiger partial charge in [0.15, 0.2) is 18.1 Å². The molecule has 178 valence electrons. The molecule has 5 aromatic rings. The van der Waals surface area contributed by atoms with Gasteiger partial charge < -0.3 is 15.4 Å². The Hall–Kier alpha value is -5.12. The predicted molar refractivity (Wildman–Crippen MR) is 134 cm³/mol. The standard InChI is InChI=1S/C26H21N7O3/c1-17(34)28-21-6-3-7-22(15-21)36-16-25(35)29-20-5-2-4-19(14-20)23-8-9-24-30-31-26(33(24)32-23)18-10-12-27-13-11-18/h2-15H,16H2,1H3,(H,28,34)(H,29,35). The monoisotopic (exact) mass is 479 g/mol. The third-order valence-corrected chi connectivity index (χ3v) is 5.17. The van der Waals surface area contributed by atoms with E-state index in [4.69, 9.17) is 9.84 Å². The maximum Gasteiger partial charge on any atom is 0.262 e. The summed E-state index contributed by atoms with van der Waals surface area (Å²) < 4.78 is 7.25. The minimum Gasteiger partial charge on any atom is -0.484 e. The van der Waals surface area contributed by atoms with Crippen LogP contribution in [0.2, 0.25) is 0 Å². The minimum atomic E-state index is -0.320. The quantitative estimate of drug-likeness (QED) is 0.364. The summed E-state index contributed by atoms with van der Waals surface area (Å²) in [6.45, 7) is 1.24. The number of nitrogens with zero attached hydrogens (tertiary/aromatic N) is 5. The average molecular weight is 480 g/mol. The number of rotatable bonds is 7. The molecule has 0 aliphatic rings. The molecule has 10 heteroatoms. The molecule has 2 N–H and O–H groups in total. The van der Waals surface area contributed by atoms with E-state index in [0.29, 0.717) is 34.3 Å². The lowest BCUT2D eigenvalue weighted by atomic mass is 10.1. The second-order valence-electron chi connectivity index (χ2n) is 7.87. The van der Waals surface area contributed by atoms with Gasteiger partial charge in [0.05, 0.1) is 5.69 Å². The zero-order chi connectivity index (χ0) is 24.9. The second kappa shape index (κ2) is 10.0. The summed E-state index contributed by atoms with van der Waals surface area (Å²) in [5.74, 6) is 0.579. The van der Waals surface area contributed by atoms with Crippen molar-refractivity contribution < 1.29 is 14.3 Å². The first-order valence-corrected chi connectivity index (χ1v) is 11.1. The van der Waals surface area contributed by atoms with Crippen LogP contribution in [0.3, 0.4) is 0 Å². The summed E-state index contributed by atoms with van der Waals surface area (Å²) in [6, 6.07) is 21.6. The molecule has 0 unspecified atom stereocenters. The van der Waals surface area contributed by atoms with Crippen molar-refractivity contribution in [1.29, 1.82) is 0 Å². The highest BCUT2D eigenvalue weighted by Crippen LogP contribution is 2.23. The fraction of sp³-hybridized carbons (Fsp3) is 0.0769. The lowest BCUT2D eigenvalue weighted by Crippen LogP contribution is -2.20. The van der Waals surface area contributed by atoms with E-state index < -0.39 is 0 Å². The molecule has 10 nitrogen and oxygen atoms in total. The number of ether oxygens (including phenoxy) is 1. The molecule has 0 aliphatic heterocycles. The van der Waals surface area contributed by atoms with E-state index in [9.17, 15) is 9.59 Å². The van der Waals surface area contributed by atoms with Crippen LogP contribution in [0.25, 0.3) is 28.3 Å². The maximum atomic E-state index is 12.5. The fourth-order valence-corrected chi connectivity index (χ4v) is 3.59. The third kappa shape index (κ3) is 5.17. The van der Waals surface area contributed by atoms with Crippen molar-refractivity contribution >= 4 is 28.8 Å². The number of pyridine rings is 1. The number of benzene rings is 2. The van der Waals surface area contributed by atoms with Gasteiger partial charge in [0.25, 0.3) is 5.91 Å². The number of carbonyl (C=O) groups excluding carboxylic acids is 2. The van der Waals surface area contributed by atoms with Crippen molar-refractivity contribution in [3.05, 3.63) is 85.2 Å². The van der Waals surface area contributed by atoms with Gasteiger partial charge in [-0.1, -0.05) is 18.2 Å². The van der Waals surface area contributed by atoms with Crippen molar-refractivity contribution in [2.45, 2.75) is 6.92 Å². The molecule has 0 radical (unpaired) electrons. The Kier molecular flexibility index (Phi) is 6.31. The number of amides is 2. The highest BCUT2D eigenvalue weighted by atomic mass is 16.5. The average Bonchev–Trinajstić information content (AvgIpc) is 3.31. The van der Waals surface area contributed by atoms with Crippen LogP contribution in [0.5, 0.6) is 5.75 Å². The van der Waals surface area contributed by atoms with Gasteiger partial charge >= 0.3 is 0 Å². The molecule has 0 saturated heterocycles. The van der Waals surface area contributed by atoms with E-state index in [1.54, 1.807) is 47.2 Å². The molecule has 0 spiro atoms. The zero-order valence-electron chi connectivity index (χ0n) is 19.3. The van der Waals surface area contributed by atoms with E-state index in [1.807, 2.05) is 42.5 Å². The fourth-order valence-electron chi connectivity index (χ4n) is 3.59. The number of hydrogen-bond donors (Lipinski definition) is 2. The van der Waals surface area contributed by atoms with Crippen LogP contribution in [-0.2, 0) is 9.59 Å². The van der Waals surface area contributed by atoms with Crippen molar-refractivity contribution in [3.8, 4) is 28.4 Å². The third-order valence-electron chi connectivity index (χ3n) is 5.17. The molecule has 5 rings (SSSR count). The van der Waals surface area contributed by atoms with Crippen molar-refractivity contribution in [1.82, 2.24) is 24.8 Å². The smallest absolute Gasteiger partial charge is 0.262 e. The van der Waals surface area contributed by atoms with Crippen LogP contribution in [0.1, 0.15) is 6.92 Å². The summed E-state index contributed by atoms with van der Waals surface area (Å²) in [5, 5.41) is 18.7. The summed E-state index contributed by atoms with van der Waals surface area (Å²) in [6.07, 6.45) is 3.38. The molecule has 0 fully saturated rings. The molecule has 2 amide bonds. The normalized spacial score (nSPS) is 10.7. The number of carbonyl (C=O) groups is 2. The molecule has 0 bridgehead atoms. The lowest BCUT2D eigenvalue weighted by Gasteiger charge is -2.10. The van der Waals surface area contributed by atoms with Crippen LogP contribution in [0, 0.1) is 0 Å². The largest absolute Gasteiger partial charge is 0.484 e. The van der Waals surface area contributed by atoms with Gasteiger partial charge in [-0.15, -0.1) is 10.2 Å². The van der Waals surface area contributed by atoms with E-state index >= 15 is 0 Å². The molecule has 0 atom stereocenters. The molecular formula is C26H21N7O3. The maximum absolute atomic E-state index is 12.5. The Bertz CT molecular complexity index is 1550. The van der Waals surface area contributed by atoms with Crippen LogP contribution >= 0.6 is 0 Å². The predicted octanol–water partition coefficient (Wildman–Crippen LogP) is 3.83. The summed E-state index contributed by atoms with van der Waals surface area (Å²) >= 11 is 0. The van der Waals surface area contributed by atoms with Gasteiger partial charge in [0.1, 0.15) is 5.75 Å². The van der Waals surface area contributed by atoms with Crippen molar-refractivity contribution in [2.75, 3.05) is 17.2 Å². The number of nitrogens with one attached hydrogen (secondary N) is 2. The number of fused-ring (bicyclic) bond motifs is 1. The first-order chi connectivity index (χ1) is 17.5. The van der Waals surface area contributed by atoms with Crippen LogP contribution in [-0.4, -0.2) is 43.2 Å². The Morgan fingerprint density at radius 2 is 1.64 bits per heavy atom. The topological polar surface area (TPSA) is 123 Å². The van der Waals surface area contributed by atoms with Gasteiger partial charge in [0.2, 0.25) is 5.91 Å². The first kappa shape index (κ1) is 22.7. The van der Waals surface area contributed by atoms with E-state index in [0.717, 1.165) is 11.1 Å². The Morgan fingerprint density at radius 1 is 0.861 bits per heavy atom. The SMILES string of the molecule is CC(=O)Nc1cccc(OCC(=O)Nc2cccc(-c3ccc4nnc(-c5ccncc5)n4n3)c2)c1. The van der Waals surface area contributed by atoms with Gasteiger partial charge in [-0.25, -0.2) is 0 Å². The van der Waals surface area contributed by atoms with Gasteiger partial charge in [-0.05, 0) is 48.5 Å². The van der Waals surface area contributed by atoms with Gasteiger partial charge in [0, 0.05) is 47.9 Å². The summed E-state index contributed by atoms with van der Waals surface area (Å²) in [4.78, 5) is 27.8. The lowest BCUT2D eigenvalue weighted by molar-refractivity contribution is -0.118. The number of aromatic nitrogens is 5. The second-order valence-corrected chi connectivity index (χ2v) is 7.87. The Balaban J connectivity index is 1.30. The van der Waals surface area contributed by atoms with E-state index in [1.165, 1.54) is 6.92 Å². The highest BCUT2D eigenvalue weighted by molar-refractivity contribution is 5.92. The number of anilines is 2. The molecule has 0 aliphatic carbocycles. The molecule has 3 heterocycles. The molecule has 0 saturated carbocycles. The van der Waals surface area contributed by atoms with Crippen LogP contribution in [0.15, 0.2) is 85.2 Å². The summed E-state index contributed by atoms with van der Waals surface area (Å²) in [7, 11) is 0.